The third kappa shape index (κ3) is 5.19. The van der Waals surface area contributed by atoms with Crippen LogP contribution in [0.25, 0.3) is 0 Å². The molecule has 0 saturated heterocycles. The summed E-state index contributed by atoms with van der Waals surface area (Å²) in [4.78, 5) is 2.08. The minimum Gasteiger partial charge on any atom is -0.395 e. The van der Waals surface area contributed by atoms with Gasteiger partial charge in [-0.1, -0.05) is 13.8 Å². The molecule has 0 amide bonds. The first kappa shape index (κ1) is 13.4. The maximum atomic E-state index is 8.69. The Bertz CT molecular complexity index is 180. The Morgan fingerprint density at radius 1 is 1.43 bits per heavy atom. The van der Waals surface area contributed by atoms with E-state index in [0.717, 1.165) is 19.4 Å². The molecule has 4 nitrogen and oxygen atoms in total. The van der Waals surface area contributed by atoms with Crippen LogP contribution in [0.3, 0.4) is 0 Å². The molecule has 0 heterocycles. The van der Waals surface area contributed by atoms with E-state index in [4.69, 9.17) is 16.2 Å². The summed E-state index contributed by atoms with van der Waals surface area (Å²) in [5, 5.41) is 16.1. The maximum absolute atomic E-state index is 8.69. The zero-order valence-electron chi connectivity index (χ0n) is 9.51. The summed E-state index contributed by atoms with van der Waals surface area (Å²) in [6.45, 7) is 5.83. The van der Waals surface area contributed by atoms with Gasteiger partial charge in [-0.05, 0) is 26.4 Å². The average molecular weight is 201 g/mol. The van der Waals surface area contributed by atoms with Gasteiger partial charge in [0.05, 0.1) is 12.4 Å². The first-order valence-corrected chi connectivity index (χ1v) is 5.04. The third-order valence-electron chi connectivity index (χ3n) is 2.55. The molecular weight excluding hydrogens is 178 g/mol. The quantitative estimate of drug-likeness (QED) is 0.418. The molecule has 84 valence electrons. The molecule has 0 fully saturated rings. The lowest BCUT2D eigenvalue weighted by Crippen LogP contribution is -2.32. The Labute approximate surface area is 86.6 Å². The number of nitrogens with two attached hydrogens (primary N) is 1. The number of aliphatic hydroxyl groups is 1. The zero-order chi connectivity index (χ0) is 11.2. The van der Waals surface area contributed by atoms with Gasteiger partial charge in [0.2, 0.25) is 0 Å². The second-order valence-electron chi connectivity index (χ2n) is 4.43. The van der Waals surface area contributed by atoms with Crippen LogP contribution in [0, 0.1) is 10.8 Å². The van der Waals surface area contributed by atoms with Gasteiger partial charge in [0.15, 0.2) is 0 Å². The average Bonchev–Trinajstić information content (AvgIpc) is 2.04. The second kappa shape index (κ2) is 5.98. The molecule has 0 aromatic carbocycles. The second-order valence-corrected chi connectivity index (χ2v) is 4.43. The van der Waals surface area contributed by atoms with Gasteiger partial charge in [-0.2, -0.15) is 0 Å². The van der Waals surface area contributed by atoms with Crippen molar-refractivity contribution in [1.29, 1.82) is 5.41 Å². The van der Waals surface area contributed by atoms with Crippen molar-refractivity contribution in [3.63, 3.8) is 0 Å². The molecule has 14 heavy (non-hydrogen) atoms. The highest BCUT2D eigenvalue weighted by atomic mass is 16.3. The number of hydrogen-bond donors (Lipinski definition) is 3. The van der Waals surface area contributed by atoms with Crippen LogP contribution in [0.4, 0.5) is 0 Å². The molecule has 0 spiro atoms. The predicted molar refractivity (Wildman–Crippen MR) is 59.5 cm³/mol. The van der Waals surface area contributed by atoms with Crippen LogP contribution in [-0.2, 0) is 0 Å². The number of rotatable bonds is 7. The highest BCUT2D eigenvalue weighted by Gasteiger charge is 2.20. The van der Waals surface area contributed by atoms with Crippen molar-refractivity contribution in [1.82, 2.24) is 4.90 Å². The Morgan fingerprint density at radius 2 is 2.00 bits per heavy atom. The smallest absolute Gasteiger partial charge is 0.0963 e. The summed E-state index contributed by atoms with van der Waals surface area (Å²) in [5.41, 5.74) is 5.28. The van der Waals surface area contributed by atoms with Crippen molar-refractivity contribution in [3.8, 4) is 0 Å². The molecule has 0 radical (unpaired) electrons. The van der Waals surface area contributed by atoms with E-state index in [1.807, 2.05) is 20.9 Å². The summed E-state index contributed by atoms with van der Waals surface area (Å²) >= 11 is 0. The fourth-order valence-corrected chi connectivity index (χ4v) is 1.21. The van der Waals surface area contributed by atoms with Gasteiger partial charge in [-0.25, -0.2) is 0 Å². The Morgan fingerprint density at radius 3 is 2.43 bits per heavy atom. The fraction of sp³-hybridized carbons (Fsp3) is 0.900. The van der Waals surface area contributed by atoms with Crippen molar-refractivity contribution in [2.24, 2.45) is 11.1 Å². The van der Waals surface area contributed by atoms with Crippen LogP contribution < -0.4 is 5.73 Å². The topological polar surface area (TPSA) is 73.3 Å². The Balaban J connectivity index is 3.68. The van der Waals surface area contributed by atoms with Gasteiger partial charge in [-0.3, -0.25) is 5.41 Å². The van der Waals surface area contributed by atoms with E-state index in [1.165, 1.54) is 0 Å². The minimum absolute atomic E-state index is 0.194. The number of aliphatic hydroxyl groups excluding tert-OH is 1. The molecule has 0 aliphatic carbocycles. The minimum atomic E-state index is -0.194. The lowest BCUT2D eigenvalue weighted by atomic mass is 9.86. The molecule has 4 heteroatoms. The lowest BCUT2D eigenvalue weighted by Gasteiger charge is -2.24. The van der Waals surface area contributed by atoms with Crippen molar-refractivity contribution >= 4 is 5.84 Å². The molecular formula is C10H23N3O. The van der Waals surface area contributed by atoms with Crippen LogP contribution in [0.1, 0.15) is 26.7 Å². The monoisotopic (exact) mass is 201 g/mol. The van der Waals surface area contributed by atoms with Gasteiger partial charge in [0.1, 0.15) is 0 Å². The van der Waals surface area contributed by atoms with Crippen LogP contribution in [0.5, 0.6) is 0 Å². The summed E-state index contributed by atoms with van der Waals surface area (Å²) in [6, 6.07) is 0. The lowest BCUT2D eigenvalue weighted by molar-refractivity contribution is 0.216. The number of nitrogens with one attached hydrogen (secondary N) is 1. The van der Waals surface area contributed by atoms with Gasteiger partial charge < -0.3 is 15.7 Å². The molecule has 0 aromatic heterocycles. The van der Waals surface area contributed by atoms with E-state index >= 15 is 0 Å². The van der Waals surface area contributed by atoms with E-state index in [2.05, 4.69) is 4.90 Å². The largest absolute Gasteiger partial charge is 0.395 e. The van der Waals surface area contributed by atoms with E-state index in [-0.39, 0.29) is 17.9 Å². The SMILES string of the molecule is CN(CCO)CCCC(C)(C)C(=N)N. The van der Waals surface area contributed by atoms with Crippen molar-refractivity contribution < 1.29 is 5.11 Å². The molecule has 0 aliphatic rings. The predicted octanol–water partition coefficient (Wildman–Crippen LogP) is 0.653. The number of likely N-dealkylation sites (N-methyl/N-ethyl adjacent to an activating group) is 1. The Hall–Kier alpha value is -0.610. The summed E-state index contributed by atoms with van der Waals surface area (Å²) in [6.07, 6.45) is 1.92. The van der Waals surface area contributed by atoms with Crippen molar-refractivity contribution in [2.45, 2.75) is 26.7 Å². The first-order chi connectivity index (χ1) is 6.40. The molecule has 0 aromatic rings. The normalized spacial score (nSPS) is 12.1. The van der Waals surface area contributed by atoms with Crippen LogP contribution in [0.2, 0.25) is 0 Å². The molecule has 0 unspecified atom stereocenters. The number of nitrogens with zero attached hydrogens (tertiary/aromatic N) is 1. The van der Waals surface area contributed by atoms with Gasteiger partial charge >= 0.3 is 0 Å². The molecule has 4 N–H and O–H groups in total. The van der Waals surface area contributed by atoms with Crippen molar-refractivity contribution in [2.75, 3.05) is 26.7 Å². The summed E-state index contributed by atoms with van der Waals surface area (Å²) in [5.74, 6) is 0.252. The van der Waals surface area contributed by atoms with Crippen molar-refractivity contribution in [3.05, 3.63) is 0 Å². The summed E-state index contributed by atoms with van der Waals surface area (Å²) < 4.78 is 0. The zero-order valence-corrected chi connectivity index (χ0v) is 9.51. The van der Waals surface area contributed by atoms with E-state index in [0.29, 0.717) is 6.54 Å². The highest BCUT2D eigenvalue weighted by Crippen LogP contribution is 2.21. The maximum Gasteiger partial charge on any atom is 0.0963 e. The van der Waals surface area contributed by atoms with Gasteiger partial charge in [0, 0.05) is 12.0 Å². The molecule has 0 aliphatic heterocycles. The number of amidine groups is 1. The van der Waals surface area contributed by atoms with Gasteiger partial charge in [0.25, 0.3) is 0 Å². The van der Waals surface area contributed by atoms with Gasteiger partial charge in [-0.15, -0.1) is 0 Å². The molecule has 0 bridgehead atoms. The van der Waals surface area contributed by atoms with E-state index in [9.17, 15) is 0 Å². The van der Waals surface area contributed by atoms with Crippen LogP contribution in [-0.4, -0.2) is 42.6 Å². The third-order valence-corrected chi connectivity index (χ3v) is 2.55. The molecule has 0 atom stereocenters. The number of hydrogen-bond acceptors (Lipinski definition) is 3. The van der Waals surface area contributed by atoms with E-state index in [1.54, 1.807) is 0 Å². The Kier molecular flexibility index (Phi) is 5.72. The van der Waals surface area contributed by atoms with Crippen LogP contribution in [0.15, 0.2) is 0 Å². The van der Waals surface area contributed by atoms with Crippen LogP contribution >= 0.6 is 0 Å². The highest BCUT2D eigenvalue weighted by molar-refractivity contribution is 5.82. The molecule has 0 saturated carbocycles. The standard InChI is InChI=1S/C10H23N3O/c1-10(2,9(11)12)5-4-6-13(3)7-8-14/h14H,4-8H2,1-3H3,(H3,11,12). The van der Waals surface area contributed by atoms with E-state index < -0.39 is 0 Å². The fourth-order valence-electron chi connectivity index (χ4n) is 1.21. The molecule has 0 rings (SSSR count). The summed E-state index contributed by atoms with van der Waals surface area (Å²) in [7, 11) is 1.98. The first-order valence-electron chi connectivity index (χ1n) is 5.04.